The van der Waals surface area contributed by atoms with Crippen molar-refractivity contribution in [3.8, 4) is 0 Å². The SMILES string of the molecule is O=S(=O)(c1ccc(NC(=S)NCc2ccccc2Cl)cc1)N1CCOCC1. The number of nitrogens with zero attached hydrogens (tertiary/aromatic N) is 1. The number of nitrogens with one attached hydrogen (secondary N) is 2. The van der Waals surface area contributed by atoms with Crippen LogP contribution in [-0.4, -0.2) is 44.1 Å². The van der Waals surface area contributed by atoms with Gasteiger partial charge < -0.3 is 15.4 Å². The van der Waals surface area contributed by atoms with Crippen LogP contribution in [0.5, 0.6) is 0 Å². The van der Waals surface area contributed by atoms with E-state index in [1.807, 2.05) is 24.3 Å². The highest BCUT2D eigenvalue weighted by molar-refractivity contribution is 7.89. The molecule has 0 saturated carbocycles. The van der Waals surface area contributed by atoms with Gasteiger partial charge in [0.25, 0.3) is 0 Å². The van der Waals surface area contributed by atoms with Gasteiger partial charge >= 0.3 is 0 Å². The number of thiocarbonyl (C=S) groups is 1. The lowest BCUT2D eigenvalue weighted by Crippen LogP contribution is -2.40. The first-order valence-corrected chi connectivity index (χ1v) is 10.7. The van der Waals surface area contributed by atoms with Gasteiger partial charge in [-0.05, 0) is 48.1 Å². The van der Waals surface area contributed by atoms with E-state index < -0.39 is 10.0 Å². The average Bonchev–Trinajstić information content (AvgIpc) is 2.68. The van der Waals surface area contributed by atoms with Gasteiger partial charge in [-0.1, -0.05) is 29.8 Å². The fourth-order valence-corrected chi connectivity index (χ4v) is 4.44. The van der Waals surface area contributed by atoms with Crippen LogP contribution in [0.4, 0.5) is 5.69 Å². The lowest BCUT2D eigenvalue weighted by molar-refractivity contribution is 0.0730. The summed E-state index contributed by atoms with van der Waals surface area (Å²) < 4.78 is 31.9. The van der Waals surface area contributed by atoms with Crippen molar-refractivity contribution >= 4 is 44.6 Å². The minimum atomic E-state index is -3.50. The van der Waals surface area contributed by atoms with Crippen molar-refractivity contribution in [3.05, 3.63) is 59.1 Å². The van der Waals surface area contributed by atoms with Crippen molar-refractivity contribution in [1.29, 1.82) is 0 Å². The molecule has 1 heterocycles. The Kier molecular flexibility index (Phi) is 6.67. The minimum Gasteiger partial charge on any atom is -0.379 e. The Hall–Kier alpha value is -1.71. The summed E-state index contributed by atoms with van der Waals surface area (Å²) in [4.78, 5) is 0.255. The van der Waals surface area contributed by atoms with Gasteiger partial charge in [-0.15, -0.1) is 0 Å². The molecule has 0 unspecified atom stereocenters. The molecule has 1 fully saturated rings. The normalized spacial score (nSPS) is 15.3. The number of morpholine rings is 1. The van der Waals surface area contributed by atoms with Crippen molar-refractivity contribution in [2.24, 2.45) is 0 Å². The molecule has 2 aromatic carbocycles. The zero-order valence-electron chi connectivity index (χ0n) is 14.5. The van der Waals surface area contributed by atoms with E-state index in [-0.39, 0.29) is 4.90 Å². The van der Waals surface area contributed by atoms with E-state index in [4.69, 9.17) is 28.6 Å². The van der Waals surface area contributed by atoms with Gasteiger partial charge in [0.1, 0.15) is 0 Å². The molecule has 0 aromatic heterocycles. The van der Waals surface area contributed by atoms with Crippen molar-refractivity contribution in [1.82, 2.24) is 9.62 Å². The average molecular weight is 426 g/mol. The Morgan fingerprint density at radius 3 is 2.44 bits per heavy atom. The van der Waals surface area contributed by atoms with Crippen molar-refractivity contribution in [2.45, 2.75) is 11.4 Å². The molecule has 0 atom stereocenters. The van der Waals surface area contributed by atoms with Gasteiger partial charge in [0.15, 0.2) is 5.11 Å². The summed E-state index contributed by atoms with van der Waals surface area (Å²) in [6.45, 7) is 2.08. The van der Waals surface area contributed by atoms with E-state index in [9.17, 15) is 8.42 Å². The molecule has 144 valence electrons. The van der Waals surface area contributed by atoms with Gasteiger partial charge in [-0.2, -0.15) is 4.31 Å². The summed E-state index contributed by atoms with van der Waals surface area (Å²) in [5, 5.41) is 7.22. The maximum absolute atomic E-state index is 12.6. The molecule has 0 radical (unpaired) electrons. The predicted molar refractivity (Wildman–Crippen MR) is 111 cm³/mol. The maximum atomic E-state index is 12.6. The Labute approximate surface area is 169 Å². The standard InChI is InChI=1S/C18H20ClN3O3S2/c19-17-4-2-1-3-14(17)13-20-18(26)21-15-5-7-16(8-6-15)27(23,24)22-9-11-25-12-10-22/h1-8H,9-13H2,(H2,20,21,26). The van der Waals surface area contributed by atoms with Gasteiger partial charge in [0.2, 0.25) is 10.0 Å². The molecule has 1 aliphatic heterocycles. The molecule has 2 aromatic rings. The van der Waals surface area contributed by atoms with Crippen LogP contribution in [-0.2, 0) is 21.3 Å². The van der Waals surface area contributed by atoms with Crippen LogP contribution in [0.2, 0.25) is 5.02 Å². The first kappa shape index (κ1) is 20.0. The summed E-state index contributed by atoms with van der Waals surface area (Å²) in [7, 11) is -3.50. The number of rotatable bonds is 5. The number of benzene rings is 2. The Morgan fingerprint density at radius 2 is 1.78 bits per heavy atom. The van der Waals surface area contributed by atoms with Crippen molar-refractivity contribution in [3.63, 3.8) is 0 Å². The highest BCUT2D eigenvalue weighted by atomic mass is 35.5. The first-order chi connectivity index (χ1) is 13.0. The van der Waals surface area contributed by atoms with E-state index in [1.165, 1.54) is 4.31 Å². The molecule has 9 heteroatoms. The van der Waals surface area contributed by atoms with E-state index in [2.05, 4.69) is 10.6 Å². The van der Waals surface area contributed by atoms with E-state index >= 15 is 0 Å². The highest BCUT2D eigenvalue weighted by Crippen LogP contribution is 2.19. The zero-order valence-corrected chi connectivity index (χ0v) is 16.9. The smallest absolute Gasteiger partial charge is 0.243 e. The van der Waals surface area contributed by atoms with Gasteiger partial charge in [0.05, 0.1) is 18.1 Å². The van der Waals surface area contributed by atoms with Crippen LogP contribution >= 0.6 is 23.8 Å². The third-order valence-corrected chi connectivity index (χ3v) is 6.65. The van der Waals surface area contributed by atoms with Crippen LogP contribution in [0.15, 0.2) is 53.4 Å². The van der Waals surface area contributed by atoms with Gasteiger partial charge in [0, 0.05) is 30.3 Å². The first-order valence-electron chi connectivity index (χ1n) is 8.43. The quantitative estimate of drug-likeness (QED) is 0.718. The summed E-state index contributed by atoms with van der Waals surface area (Å²) in [6.07, 6.45) is 0. The topological polar surface area (TPSA) is 70.7 Å². The molecule has 27 heavy (non-hydrogen) atoms. The van der Waals surface area contributed by atoms with Crippen LogP contribution in [0.1, 0.15) is 5.56 Å². The fraction of sp³-hybridized carbons (Fsp3) is 0.278. The molecule has 0 spiro atoms. The molecule has 1 aliphatic rings. The Bertz CT molecular complexity index is 898. The molecular formula is C18H20ClN3O3S2. The largest absolute Gasteiger partial charge is 0.379 e. The summed E-state index contributed by atoms with van der Waals surface area (Å²) in [5.74, 6) is 0. The molecule has 3 rings (SSSR count). The lowest BCUT2D eigenvalue weighted by Gasteiger charge is -2.26. The molecule has 0 aliphatic carbocycles. The number of ether oxygens (including phenoxy) is 1. The Morgan fingerprint density at radius 1 is 1.11 bits per heavy atom. The van der Waals surface area contributed by atoms with Crippen LogP contribution < -0.4 is 10.6 Å². The van der Waals surface area contributed by atoms with Crippen LogP contribution in [0, 0.1) is 0 Å². The zero-order chi connectivity index (χ0) is 19.3. The van der Waals surface area contributed by atoms with Crippen molar-refractivity contribution in [2.75, 3.05) is 31.6 Å². The number of hydrogen-bond donors (Lipinski definition) is 2. The summed E-state index contributed by atoms with van der Waals surface area (Å²) in [5.41, 5.74) is 1.64. The highest BCUT2D eigenvalue weighted by Gasteiger charge is 2.26. The number of sulfonamides is 1. The maximum Gasteiger partial charge on any atom is 0.243 e. The summed E-state index contributed by atoms with van der Waals surface area (Å²) in [6, 6.07) is 14.1. The van der Waals surface area contributed by atoms with Crippen molar-refractivity contribution < 1.29 is 13.2 Å². The molecule has 1 saturated heterocycles. The predicted octanol–water partition coefficient (Wildman–Crippen LogP) is 2.85. The monoisotopic (exact) mass is 425 g/mol. The second kappa shape index (κ2) is 8.99. The third-order valence-electron chi connectivity index (χ3n) is 4.12. The number of halogens is 1. The van der Waals surface area contributed by atoms with E-state index in [1.54, 1.807) is 24.3 Å². The molecule has 6 nitrogen and oxygen atoms in total. The van der Waals surface area contributed by atoms with Gasteiger partial charge in [-0.3, -0.25) is 0 Å². The Balaban J connectivity index is 1.58. The number of anilines is 1. The fourth-order valence-electron chi connectivity index (χ4n) is 2.64. The van der Waals surface area contributed by atoms with E-state index in [0.717, 1.165) is 5.56 Å². The summed E-state index contributed by atoms with van der Waals surface area (Å²) >= 11 is 11.4. The van der Waals surface area contributed by atoms with E-state index in [0.29, 0.717) is 48.7 Å². The molecular weight excluding hydrogens is 406 g/mol. The second-order valence-electron chi connectivity index (χ2n) is 5.94. The molecule has 0 bridgehead atoms. The van der Waals surface area contributed by atoms with Gasteiger partial charge in [-0.25, -0.2) is 8.42 Å². The lowest BCUT2D eigenvalue weighted by atomic mass is 10.2. The minimum absolute atomic E-state index is 0.255. The van der Waals surface area contributed by atoms with Crippen LogP contribution in [0.25, 0.3) is 0 Å². The molecule has 0 amide bonds. The molecule has 2 N–H and O–H groups in total. The third kappa shape index (κ3) is 5.18. The number of hydrogen-bond acceptors (Lipinski definition) is 4. The van der Waals surface area contributed by atoms with Crippen LogP contribution in [0.3, 0.4) is 0 Å². The second-order valence-corrected chi connectivity index (χ2v) is 8.69.